The normalized spacial score (nSPS) is 11.2. The Morgan fingerprint density at radius 3 is 2.94 bits per heavy atom. The van der Waals surface area contributed by atoms with Crippen LogP contribution >= 0.6 is 0 Å². The third kappa shape index (κ3) is 1.39. The number of fused-ring (bicyclic) bond motifs is 1. The maximum Gasteiger partial charge on any atom is 0.222 e. The number of halogens is 1. The van der Waals surface area contributed by atoms with Crippen molar-refractivity contribution in [2.75, 3.05) is 5.73 Å². The summed E-state index contributed by atoms with van der Waals surface area (Å²) in [5, 5.41) is 4.64. The maximum atomic E-state index is 13.7. The highest BCUT2D eigenvalue weighted by molar-refractivity contribution is 5.95. The molecule has 5 heteroatoms. The Kier molecular flexibility index (Phi) is 1.95. The molecule has 17 heavy (non-hydrogen) atoms. The van der Waals surface area contributed by atoms with Crippen molar-refractivity contribution < 1.29 is 8.91 Å². The molecule has 0 amide bonds. The van der Waals surface area contributed by atoms with Gasteiger partial charge < -0.3 is 14.8 Å². The van der Waals surface area contributed by atoms with Crippen LogP contribution in [0.15, 0.2) is 35.0 Å². The van der Waals surface area contributed by atoms with Crippen molar-refractivity contribution in [3.8, 4) is 11.3 Å². The molecule has 2 heterocycles. The molecular formula is C12H10FN3O. The molecule has 0 atom stereocenters. The van der Waals surface area contributed by atoms with Crippen molar-refractivity contribution in [1.82, 2.24) is 9.72 Å². The molecule has 0 aliphatic rings. The molecule has 0 bridgehead atoms. The van der Waals surface area contributed by atoms with Crippen LogP contribution < -0.4 is 5.73 Å². The van der Waals surface area contributed by atoms with E-state index in [2.05, 4.69) is 5.16 Å². The molecule has 0 fully saturated rings. The van der Waals surface area contributed by atoms with Gasteiger partial charge in [0.25, 0.3) is 0 Å². The van der Waals surface area contributed by atoms with Gasteiger partial charge in [-0.1, -0.05) is 17.3 Å². The van der Waals surface area contributed by atoms with Crippen LogP contribution in [0.25, 0.3) is 22.2 Å². The minimum absolute atomic E-state index is 0.244. The number of nitrogens with two attached hydrogens (primary N) is 1. The summed E-state index contributed by atoms with van der Waals surface area (Å²) in [5.74, 6) is -0.0128. The first kappa shape index (κ1) is 9.89. The molecule has 0 radical (unpaired) electrons. The van der Waals surface area contributed by atoms with E-state index in [0.717, 1.165) is 10.9 Å². The number of para-hydroxylation sites is 1. The van der Waals surface area contributed by atoms with E-state index in [4.69, 9.17) is 10.3 Å². The van der Waals surface area contributed by atoms with Crippen LogP contribution in [0.3, 0.4) is 0 Å². The number of nitrogens with zero attached hydrogens (tertiary/aromatic N) is 2. The minimum Gasteiger partial charge on any atom is -0.368 e. The zero-order valence-corrected chi connectivity index (χ0v) is 9.14. The first-order valence-electron chi connectivity index (χ1n) is 5.13. The first-order valence-corrected chi connectivity index (χ1v) is 5.13. The molecule has 0 aliphatic heterocycles. The number of anilines is 1. The predicted molar refractivity (Wildman–Crippen MR) is 62.8 cm³/mol. The van der Waals surface area contributed by atoms with E-state index in [1.807, 2.05) is 12.3 Å². The first-order chi connectivity index (χ1) is 8.16. The van der Waals surface area contributed by atoms with Crippen LogP contribution in [0.1, 0.15) is 0 Å². The predicted octanol–water partition coefficient (Wildman–Crippen LogP) is 2.55. The van der Waals surface area contributed by atoms with E-state index >= 15 is 0 Å². The fraction of sp³-hybridized carbons (Fsp3) is 0.0833. The van der Waals surface area contributed by atoms with Gasteiger partial charge in [0.2, 0.25) is 5.88 Å². The lowest BCUT2D eigenvalue weighted by atomic mass is 10.1. The van der Waals surface area contributed by atoms with Crippen molar-refractivity contribution in [2.24, 2.45) is 7.05 Å². The lowest BCUT2D eigenvalue weighted by Gasteiger charge is -1.96. The number of hydrogen-bond acceptors (Lipinski definition) is 3. The summed E-state index contributed by atoms with van der Waals surface area (Å²) in [6.07, 6.45) is 1.81. The molecule has 2 N–H and O–H groups in total. The molecule has 0 unspecified atom stereocenters. The van der Waals surface area contributed by atoms with Gasteiger partial charge in [-0.3, -0.25) is 0 Å². The highest BCUT2D eigenvalue weighted by Gasteiger charge is 2.14. The number of hydrogen-bond donors (Lipinski definition) is 1. The van der Waals surface area contributed by atoms with Crippen LogP contribution in [0.5, 0.6) is 0 Å². The van der Waals surface area contributed by atoms with E-state index in [-0.39, 0.29) is 11.7 Å². The summed E-state index contributed by atoms with van der Waals surface area (Å²) in [4.78, 5) is 0. The standard InChI is InChI=1S/C12H10FN3O/c1-16-6-8(10-5-11(14)17-15-10)7-3-2-4-9(13)12(7)16/h2-6H,14H2,1H3. The van der Waals surface area contributed by atoms with Crippen LogP contribution in [-0.4, -0.2) is 9.72 Å². The van der Waals surface area contributed by atoms with Crippen LogP contribution in [0.2, 0.25) is 0 Å². The van der Waals surface area contributed by atoms with E-state index in [1.54, 1.807) is 23.7 Å². The Balaban J connectivity index is 2.35. The van der Waals surface area contributed by atoms with Gasteiger partial charge in [0.15, 0.2) is 0 Å². The average molecular weight is 231 g/mol. The molecule has 86 valence electrons. The summed E-state index contributed by atoms with van der Waals surface area (Å²) >= 11 is 0. The second kappa shape index (κ2) is 3.35. The van der Waals surface area contributed by atoms with Crippen molar-refractivity contribution in [3.05, 3.63) is 36.3 Å². The SMILES string of the molecule is Cn1cc(-c2cc(N)on2)c2cccc(F)c21. The third-order valence-electron chi connectivity index (χ3n) is 2.76. The van der Waals surface area contributed by atoms with Crippen molar-refractivity contribution >= 4 is 16.8 Å². The average Bonchev–Trinajstić information content (AvgIpc) is 2.84. The number of aryl methyl sites for hydroxylation is 1. The number of rotatable bonds is 1. The van der Waals surface area contributed by atoms with E-state index in [1.165, 1.54) is 6.07 Å². The molecule has 0 spiro atoms. The molecule has 0 aliphatic carbocycles. The number of aromatic nitrogens is 2. The molecule has 3 rings (SSSR count). The molecule has 1 aromatic carbocycles. The van der Waals surface area contributed by atoms with E-state index in [9.17, 15) is 4.39 Å². The molecule has 3 aromatic rings. The monoisotopic (exact) mass is 231 g/mol. The number of nitrogen functional groups attached to an aromatic ring is 1. The Morgan fingerprint density at radius 2 is 2.24 bits per heavy atom. The van der Waals surface area contributed by atoms with E-state index < -0.39 is 0 Å². The Morgan fingerprint density at radius 1 is 1.41 bits per heavy atom. The van der Waals surface area contributed by atoms with Gasteiger partial charge >= 0.3 is 0 Å². The summed E-state index contributed by atoms with van der Waals surface area (Å²) in [6.45, 7) is 0. The topological polar surface area (TPSA) is 57.0 Å². The Labute approximate surface area is 96.4 Å². The zero-order valence-electron chi connectivity index (χ0n) is 9.14. The lowest BCUT2D eigenvalue weighted by Crippen LogP contribution is -1.86. The van der Waals surface area contributed by atoms with Gasteiger partial charge in [0.1, 0.15) is 11.5 Å². The maximum absolute atomic E-state index is 13.7. The molecular weight excluding hydrogens is 221 g/mol. The van der Waals surface area contributed by atoms with Gasteiger partial charge in [-0.25, -0.2) is 4.39 Å². The third-order valence-corrected chi connectivity index (χ3v) is 2.76. The highest BCUT2D eigenvalue weighted by atomic mass is 19.1. The minimum atomic E-state index is -0.257. The van der Waals surface area contributed by atoms with Crippen molar-refractivity contribution in [2.45, 2.75) is 0 Å². The Bertz CT molecular complexity index is 699. The Hall–Kier alpha value is -2.30. The van der Waals surface area contributed by atoms with Crippen LogP contribution in [-0.2, 0) is 7.05 Å². The van der Waals surface area contributed by atoms with Gasteiger partial charge in [0.05, 0.1) is 5.52 Å². The smallest absolute Gasteiger partial charge is 0.222 e. The number of benzene rings is 1. The molecule has 0 saturated carbocycles. The van der Waals surface area contributed by atoms with E-state index in [0.29, 0.717) is 11.2 Å². The van der Waals surface area contributed by atoms with Crippen LogP contribution in [0.4, 0.5) is 10.3 Å². The fourth-order valence-electron chi connectivity index (χ4n) is 2.04. The quantitative estimate of drug-likeness (QED) is 0.700. The van der Waals surface area contributed by atoms with Gasteiger partial charge in [-0.05, 0) is 6.07 Å². The van der Waals surface area contributed by atoms with Crippen molar-refractivity contribution in [1.29, 1.82) is 0 Å². The summed E-state index contributed by atoms with van der Waals surface area (Å²) in [5.41, 5.74) is 7.45. The van der Waals surface area contributed by atoms with Gasteiger partial charge in [-0.2, -0.15) is 0 Å². The molecule has 4 nitrogen and oxygen atoms in total. The largest absolute Gasteiger partial charge is 0.368 e. The van der Waals surface area contributed by atoms with Gasteiger partial charge in [-0.15, -0.1) is 0 Å². The summed E-state index contributed by atoms with van der Waals surface area (Å²) in [7, 11) is 1.79. The second-order valence-electron chi connectivity index (χ2n) is 3.90. The van der Waals surface area contributed by atoms with Crippen molar-refractivity contribution in [3.63, 3.8) is 0 Å². The summed E-state index contributed by atoms with van der Waals surface area (Å²) in [6, 6.07) is 6.58. The second-order valence-corrected chi connectivity index (χ2v) is 3.90. The highest BCUT2D eigenvalue weighted by Crippen LogP contribution is 2.31. The van der Waals surface area contributed by atoms with Gasteiger partial charge in [0, 0.05) is 30.3 Å². The lowest BCUT2D eigenvalue weighted by molar-refractivity contribution is 0.439. The summed E-state index contributed by atoms with van der Waals surface area (Å²) < 4.78 is 20.3. The fourth-order valence-corrected chi connectivity index (χ4v) is 2.04. The molecule has 2 aromatic heterocycles. The molecule has 0 saturated heterocycles. The van der Waals surface area contributed by atoms with Crippen LogP contribution in [0, 0.1) is 5.82 Å². The zero-order chi connectivity index (χ0) is 12.0.